The van der Waals surface area contributed by atoms with Gasteiger partial charge in [0.25, 0.3) is 5.91 Å². The molecule has 1 amide bonds. The van der Waals surface area contributed by atoms with Gasteiger partial charge in [0.05, 0.1) is 0 Å². The van der Waals surface area contributed by atoms with Crippen molar-refractivity contribution < 1.29 is 28.5 Å². The number of nitrogens with one attached hydrogen (secondary N) is 1. The van der Waals surface area contributed by atoms with Gasteiger partial charge >= 0.3 is 0 Å². The fourth-order valence-corrected chi connectivity index (χ4v) is 3.70. The second-order valence-electron chi connectivity index (χ2n) is 7.59. The van der Waals surface area contributed by atoms with E-state index in [1.54, 1.807) is 52.0 Å². The lowest BCUT2D eigenvalue weighted by Gasteiger charge is -2.36. The average molecular weight is 384 g/mol. The molecule has 3 fully saturated rings. The summed E-state index contributed by atoms with van der Waals surface area (Å²) in [5.41, 5.74) is 0.615. The lowest BCUT2D eigenvalue weighted by molar-refractivity contribution is -0.229. The standard InChI is InChI=1S/C18H22ClNO6/c1-17(2)23-11-12(24-17)14-16(26-18(3,4)25-14)22-13(11)15(21)20-10-7-5-9(19)6-8-10/h5-8,11-14,16H,1-4H3,(H,20,21)/t11-,12-,13-,14-,16+/m1/s1. The van der Waals surface area contributed by atoms with Crippen molar-refractivity contribution in [2.45, 2.75) is 70.0 Å². The zero-order valence-electron chi connectivity index (χ0n) is 15.0. The minimum atomic E-state index is -0.892. The molecule has 3 saturated heterocycles. The number of anilines is 1. The Labute approximate surface area is 156 Å². The van der Waals surface area contributed by atoms with E-state index in [9.17, 15) is 4.79 Å². The molecule has 7 nitrogen and oxygen atoms in total. The summed E-state index contributed by atoms with van der Waals surface area (Å²) in [6, 6.07) is 6.84. The highest BCUT2D eigenvalue weighted by Crippen LogP contribution is 2.44. The van der Waals surface area contributed by atoms with Crippen molar-refractivity contribution in [2.75, 3.05) is 5.32 Å². The normalized spacial score (nSPS) is 37.0. The van der Waals surface area contributed by atoms with Crippen molar-refractivity contribution in [2.24, 2.45) is 0 Å². The molecule has 0 unspecified atom stereocenters. The Bertz CT molecular complexity index is 706. The molecule has 1 aromatic carbocycles. The van der Waals surface area contributed by atoms with Gasteiger partial charge in [-0.3, -0.25) is 4.79 Å². The van der Waals surface area contributed by atoms with Crippen molar-refractivity contribution in [3.63, 3.8) is 0 Å². The summed E-state index contributed by atoms with van der Waals surface area (Å²) in [4.78, 5) is 12.9. The van der Waals surface area contributed by atoms with Crippen LogP contribution in [0.25, 0.3) is 0 Å². The van der Waals surface area contributed by atoms with Crippen LogP contribution in [0.2, 0.25) is 5.02 Å². The third-order valence-electron chi connectivity index (χ3n) is 4.52. The molecule has 4 rings (SSSR count). The number of hydrogen-bond donors (Lipinski definition) is 1. The third-order valence-corrected chi connectivity index (χ3v) is 4.78. The molecule has 0 radical (unpaired) electrons. The first-order valence-electron chi connectivity index (χ1n) is 8.57. The first-order chi connectivity index (χ1) is 12.1. The molecule has 0 bridgehead atoms. The molecule has 0 aromatic heterocycles. The molecule has 1 aromatic rings. The number of amides is 1. The van der Waals surface area contributed by atoms with Gasteiger partial charge < -0.3 is 29.0 Å². The Morgan fingerprint density at radius 3 is 2.19 bits per heavy atom. The van der Waals surface area contributed by atoms with Crippen molar-refractivity contribution in [3.8, 4) is 0 Å². The summed E-state index contributed by atoms with van der Waals surface area (Å²) in [5.74, 6) is -2.00. The summed E-state index contributed by atoms with van der Waals surface area (Å²) in [5, 5.41) is 3.42. The van der Waals surface area contributed by atoms with Gasteiger partial charge in [0.2, 0.25) is 0 Å². The van der Waals surface area contributed by atoms with Gasteiger partial charge in [-0.15, -0.1) is 0 Å². The van der Waals surface area contributed by atoms with Crippen LogP contribution in [0, 0.1) is 0 Å². The zero-order chi connectivity index (χ0) is 18.7. The van der Waals surface area contributed by atoms with E-state index in [1.165, 1.54) is 0 Å². The maximum Gasteiger partial charge on any atom is 0.256 e. The van der Waals surface area contributed by atoms with Crippen LogP contribution in [0.5, 0.6) is 0 Å². The Morgan fingerprint density at radius 1 is 0.923 bits per heavy atom. The van der Waals surface area contributed by atoms with Crippen LogP contribution in [0.3, 0.4) is 0 Å². The number of ether oxygens (including phenoxy) is 5. The molecular formula is C18H22ClNO6. The lowest BCUT2D eigenvalue weighted by Crippen LogP contribution is -2.58. The Balaban J connectivity index is 1.57. The summed E-state index contributed by atoms with van der Waals surface area (Å²) in [6.45, 7) is 7.20. The SMILES string of the molecule is CC1(C)O[C@@H]2[C@@H](O1)[C@H](C(=O)Nc1ccc(Cl)cc1)O[C@H]1OC(C)(C)O[C@@H]12. The van der Waals surface area contributed by atoms with E-state index in [4.69, 9.17) is 35.3 Å². The highest BCUT2D eigenvalue weighted by molar-refractivity contribution is 6.30. The maximum atomic E-state index is 12.9. The Kier molecular flexibility index (Phi) is 4.30. The van der Waals surface area contributed by atoms with Crippen LogP contribution in [-0.4, -0.2) is 48.2 Å². The minimum absolute atomic E-state index is 0.338. The average Bonchev–Trinajstić information content (AvgIpc) is 3.02. The first kappa shape index (κ1) is 18.2. The van der Waals surface area contributed by atoms with E-state index in [1.807, 2.05) is 0 Å². The quantitative estimate of drug-likeness (QED) is 0.846. The van der Waals surface area contributed by atoms with Gasteiger partial charge in [0.15, 0.2) is 24.0 Å². The monoisotopic (exact) mass is 383 g/mol. The van der Waals surface area contributed by atoms with Crippen LogP contribution in [-0.2, 0) is 28.5 Å². The highest BCUT2D eigenvalue weighted by atomic mass is 35.5. The number of halogens is 1. The molecule has 0 spiro atoms. The van der Waals surface area contributed by atoms with Gasteiger partial charge in [-0.05, 0) is 52.0 Å². The molecule has 0 aliphatic carbocycles. The summed E-state index contributed by atoms with van der Waals surface area (Å²) >= 11 is 5.88. The maximum absolute atomic E-state index is 12.9. The number of fused-ring (bicyclic) bond motifs is 3. The summed E-state index contributed by atoms with van der Waals surface area (Å²) < 4.78 is 29.6. The van der Waals surface area contributed by atoms with Crippen molar-refractivity contribution >= 4 is 23.2 Å². The van der Waals surface area contributed by atoms with Crippen LogP contribution in [0.15, 0.2) is 24.3 Å². The van der Waals surface area contributed by atoms with Crippen LogP contribution in [0.1, 0.15) is 27.7 Å². The minimum Gasteiger partial charge on any atom is -0.342 e. The predicted octanol–water partition coefficient (Wildman–Crippen LogP) is 2.68. The number of carbonyl (C=O) groups excluding carboxylic acids is 1. The molecule has 3 aliphatic heterocycles. The fourth-order valence-electron chi connectivity index (χ4n) is 3.57. The second-order valence-corrected chi connectivity index (χ2v) is 8.02. The van der Waals surface area contributed by atoms with Crippen molar-refractivity contribution in [3.05, 3.63) is 29.3 Å². The van der Waals surface area contributed by atoms with Crippen LogP contribution < -0.4 is 5.32 Å². The Hall–Kier alpha value is -1.22. The molecule has 26 heavy (non-hydrogen) atoms. The highest BCUT2D eigenvalue weighted by Gasteiger charge is 2.62. The molecular weight excluding hydrogens is 362 g/mol. The number of benzene rings is 1. The first-order valence-corrected chi connectivity index (χ1v) is 8.95. The van der Waals surface area contributed by atoms with Crippen LogP contribution in [0.4, 0.5) is 5.69 Å². The number of hydrogen-bond acceptors (Lipinski definition) is 6. The number of rotatable bonds is 2. The van der Waals surface area contributed by atoms with Gasteiger partial charge in [-0.2, -0.15) is 0 Å². The molecule has 5 atom stereocenters. The summed E-state index contributed by atoms with van der Waals surface area (Å²) in [7, 11) is 0. The zero-order valence-corrected chi connectivity index (χ0v) is 15.8. The van der Waals surface area contributed by atoms with Gasteiger partial charge in [-0.1, -0.05) is 11.6 Å². The third kappa shape index (κ3) is 3.35. The van der Waals surface area contributed by atoms with Gasteiger partial charge in [0, 0.05) is 10.7 Å². The van der Waals surface area contributed by atoms with E-state index in [2.05, 4.69) is 5.32 Å². The lowest BCUT2D eigenvalue weighted by atomic mass is 9.98. The van der Waals surface area contributed by atoms with Gasteiger partial charge in [-0.25, -0.2) is 0 Å². The molecule has 3 aliphatic rings. The van der Waals surface area contributed by atoms with E-state index in [-0.39, 0.29) is 5.91 Å². The molecule has 1 N–H and O–H groups in total. The molecule has 8 heteroatoms. The summed E-state index contributed by atoms with van der Waals surface area (Å²) in [6.07, 6.45) is -3.13. The smallest absolute Gasteiger partial charge is 0.256 e. The molecule has 142 valence electrons. The van der Waals surface area contributed by atoms with Crippen molar-refractivity contribution in [1.29, 1.82) is 0 Å². The topological polar surface area (TPSA) is 75.3 Å². The van der Waals surface area contributed by atoms with E-state index in [0.717, 1.165) is 0 Å². The largest absolute Gasteiger partial charge is 0.342 e. The Morgan fingerprint density at radius 2 is 1.50 bits per heavy atom. The van der Waals surface area contributed by atoms with E-state index >= 15 is 0 Å². The number of carbonyl (C=O) groups is 1. The van der Waals surface area contributed by atoms with E-state index in [0.29, 0.717) is 10.7 Å². The molecule has 0 saturated carbocycles. The second kappa shape index (κ2) is 6.15. The van der Waals surface area contributed by atoms with Crippen molar-refractivity contribution in [1.82, 2.24) is 0 Å². The predicted molar refractivity (Wildman–Crippen MR) is 92.6 cm³/mol. The van der Waals surface area contributed by atoms with E-state index < -0.39 is 42.3 Å². The fraction of sp³-hybridized carbons (Fsp3) is 0.611. The molecule has 3 heterocycles. The van der Waals surface area contributed by atoms with Crippen LogP contribution >= 0.6 is 11.6 Å². The van der Waals surface area contributed by atoms with Gasteiger partial charge in [0.1, 0.15) is 18.3 Å².